The van der Waals surface area contributed by atoms with Crippen LogP contribution in [-0.2, 0) is 0 Å². The van der Waals surface area contributed by atoms with Crippen LogP contribution >= 0.6 is 0 Å². The summed E-state index contributed by atoms with van der Waals surface area (Å²) in [5.41, 5.74) is 10.4. The van der Waals surface area contributed by atoms with E-state index in [0.717, 1.165) is 63.0 Å². The zero-order valence-electron chi connectivity index (χ0n) is 22.7. The van der Waals surface area contributed by atoms with Crippen LogP contribution in [0.2, 0.25) is 0 Å². The fourth-order valence-electron chi connectivity index (χ4n) is 5.10. The molecule has 6 aromatic rings. The largest absolute Gasteiger partial charge is 0.508 e. The minimum absolute atomic E-state index is 0.248. The Labute approximate surface area is 244 Å². The Morgan fingerprint density at radius 2 is 0.762 bits per heavy atom. The highest BCUT2D eigenvalue weighted by molar-refractivity contribution is 5.83. The van der Waals surface area contributed by atoms with Gasteiger partial charge in [0.25, 0.3) is 0 Å². The van der Waals surface area contributed by atoms with Gasteiger partial charge in [-0.25, -0.2) is 0 Å². The van der Waals surface area contributed by atoms with Crippen molar-refractivity contribution in [1.29, 1.82) is 0 Å². The molecule has 0 radical (unpaired) electrons. The lowest BCUT2D eigenvalue weighted by Gasteiger charge is -2.26. The smallest absolute Gasteiger partial charge is 0.150 e. The Morgan fingerprint density at radius 3 is 1.17 bits per heavy atom. The van der Waals surface area contributed by atoms with Crippen LogP contribution in [0.15, 0.2) is 146 Å². The van der Waals surface area contributed by atoms with Crippen LogP contribution in [0.5, 0.6) is 5.75 Å². The van der Waals surface area contributed by atoms with E-state index in [1.165, 1.54) is 0 Å². The van der Waals surface area contributed by atoms with E-state index >= 15 is 0 Å². The number of anilines is 3. The Kier molecular flexibility index (Phi) is 7.43. The molecular formula is C38H27NO3. The molecule has 0 fully saturated rings. The molecule has 1 N–H and O–H groups in total. The summed E-state index contributed by atoms with van der Waals surface area (Å²) in [4.78, 5) is 24.5. The summed E-state index contributed by atoms with van der Waals surface area (Å²) in [5, 5.41) is 9.92. The molecule has 0 aliphatic carbocycles. The van der Waals surface area contributed by atoms with Crippen LogP contribution in [0.3, 0.4) is 0 Å². The van der Waals surface area contributed by atoms with Gasteiger partial charge in [-0.3, -0.25) is 9.59 Å². The number of aldehydes is 2. The monoisotopic (exact) mass is 545 g/mol. The van der Waals surface area contributed by atoms with Gasteiger partial charge in [-0.05, 0) is 118 Å². The Hall–Kier alpha value is -5.74. The van der Waals surface area contributed by atoms with E-state index < -0.39 is 0 Å². The summed E-state index contributed by atoms with van der Waals surface area (Å²) in [6, 6.07) is 47.3. The topological polar surface area (TPSA) is 57.6 Å². The van der Waals surface area contributed by atoms with Gasteiger partial charge in [-0.1, -0.05) is 60.7 Å². The van der Waals surface area contributed by atoms with E-state index in [-0.39, 0.29) is 5.75 Å². The van der Waals surface area contributed by atoms with Crippen LogP contribution in [0.4, 0.5) is 17.1 Å². The van der Waals surface area contributed by atoms with Gasteiger partial charge in [0.05, 0.1) is 0 Å². The van der Waals surface area contributed by atoms with E-state index in [2.05, 4.69) is 65.6 Å². The molecule has 4 nitrogen and oxygen atoms in total. The maximum Gasteiger partial charge on any atom is 0.150 e. The summed E-state index contributed by atoms with van der Waals surface area (Å²) in [5.74, 6) is 0.248. The summed E-state index contributed by atoms with van der Waals surface area (Å²) >= 11 is 0. The first-order valence-corrected chi connectivity index (χ1v) is 13.6. The van der Waals surface area contributed by atoms with Crippen LogP contribution in [-0.4, -0.2) is 17.7 Å². The fraction of sp³-hybridized carbons (Fsp3) is 0. The average Bonchev–Trinajstić information content (AvgIpc) is 3.06. The molecule has 6 rings (SSSR count). The highest BCUT2D eigenvalue weighted by Gasteiger charge is 2.13. The summed E-state index contributed by atoms with van der Waals surface area (Å²) in [7, 11) is 0. The van der Waals surface area contributed by atoms with Crippen LogP contribution in [0.25, 0.3) is 33.4 Å². The Balaban J connectivity index is 1.33. The van der Waals surface area contributed by atoms with Crippen molar-refractivity contribution >= 4 is 29.6 Å². The van der Waals surface area contributed by atoms with Gasteiger partial charge in [-0.2, -0.15) is 0 Å². The number of aromatic hydroxyl groups is 1. The van der Waals surface area contributed by atoms with E-state index in [0.29, 0.717) is 11.1 Å². The van der Waals surface area contributed by atoms with Gasteiger partial charge in [0.2, 0.25) is 0 Å². The molecule has 0 aromatic heterocycles. The molecule has 0 saturated heterocycles. The molecular weight excluding hydrogens is 518 g/mol. The second-order valence-electron chi connectivity index (χ2n) is 10.0. The van der Waals surface area contributed by atoms with Crippen molar-refractivity contribution in [3.05, 3.63) is 157 Å². The first-order chi connectivity index (χ1) is 20.6. The number of hydrogen-bond acceptors (Lipinski definition) is 4. The quantitative estimate of drug-likeness (QED) is 0.194. The molecule has 6 aromatic carbocycles. The molecule has 0 atom stereocenters. The second kappa shape index (κ2) is 11.8. The van der Waals surface area contributed by atoms with Crippen molar-refractivity contribution in [3.63, 3.8) is 0 Å². The van der Waals surface area contributed by atoms with Crippen molar-refractivity contribution in [2.45, 2.75) is 0 Å². The number of carbonyl (C=O) groups is 2. The van der Waals surface area contributed by atoms with E-state index in [1.54, 1.807) is 36.4 Å². The third kappa shape index (κ3) is 5.60. The number of phenolic OH excluding ortho intramolecular Hbond substituents is 1. The second-order valence-corrected chi connectivity index (χ2v) is 10.0. The number of carbonyl (C=O) groups excluding carboxylic acids is 2. The standard InChI is InChI=1S/C38H27NO3/c40-25-27-10-16-35(17-11-27)39(36-18-12-28(26-41)13-19-36)37-20-14-29(15-21-37)30-4-1-5-31(22-30)32-6-2-7-33(23-32)34-8-3-9-38(42)24-34/h1-26,42H. The molecule has 0 unspecified atom stereocenters. The normalized spacial score (nSPS) is 10.7. The number of benzene rings is 6. The SMILES string of the molecule is O=Cc1ccc(N(c2ccc(C=O)cc2)c2ccc(-c3cccc(-c4cccc(-c5cccc(O)c5)c4)c3)cc2)cc1. The summed E-state index contributed by atoms with van der Waals surface area (Å²) in [6.07, 6.45) is 1.66. The maximum absolute atomic E-state index is 11.2. The highest BCUT2D eigenvalue weighted by Crippen LogP contribution is 2.36. The summed E-state index contributed by atoms with van der Waals surface area (Å²) < 4.78 is 0. The van der Waals surface area contributed by atoms with Crippen molar-refractivity contribution in [3.8, 4) is 39.1 Å². The maximum atomic E-state index is 11.2. The number of phenols is 1. The van der Waals surface area contributed by atoms with Gasteiger partial charge in [0, 0.05) is 28.2 Å². The van der Waals surface area contributed by atoms with Crippen LogP contribution in [0.1, 0.15) is 20.7 Å². The van der Waals surface area contributed by atoms with Crippen LogP contribution in [0, 0.1) is 0 Å². The molecule has 0 aliphatic heterocycles. The molecule has 4 heteroatoms. The van der Waals surface area contributed by atoms with Crippen LogP contribution < -0.4 is 4.90 Å². The predicted octanol–water partition coefficient (Wildman–Crippen LogP) is 9.49. The number of rotatable bonds is 8. The average molecular weight is 546 g/mol. The molecule has 42 heavy (non-hydrogen) atoms. The third-order valence-corrected chi connectivity index (χ3v) is 7.27. The molecule has 0 amide bonds. The fourth-order valence-corrected chi connectivity index (χ4v) is 5.10. The third-order valence-electron chi connectivity index (χ3n) is 7.27. The Bertz CT molecular complexity index is 1810. The molecule has 0 aliphatic rings. The zero-order chi connectivity index (χ0) is 28.9. The number of hydrogen-bond donors (Lipinski definition) is 1. The van der Waals surface area contributed by atoms with E-state index in [1.807, 2.05) is 48.5 Å². The van der Waals surface area contributed by atoms with E-state index in [4.69, 9.17) is 0 Å². The predicted molar refractivity (Wildman–Crippen MR) is 170 cm³/mol. The van der Waals surface area contributed by atoms with Crippen molar-refractivity contribution in [1.82, 2.24) is 0 Å². The van der Waals surface area contributed by atoms with E-state index in [9.17, 15) is 14.7 Å². The van der Waals surface area contributed by atoms with Crippen molar-refractivity contribution in [2.75, 3.05) is 4.90 Å². The molecule has 0 heterocycles. The van der Waals surface area contributed by atoms with Gasteiger partial charge in [0.15, 0.2) is 0 Å². The van der Waals surface area contributed by atoms with Crippen molar-refractivity contribution < 1.29 is 14.7 Å². The first-order valence-electron chi connectivity index (χ1n) is 13.6. The van der Waals surface area contributed by atoms with Gasteiger partial charge < -0.3 is 10.0 Å². The van der Waals surface area contributed by atoms with Crippen molar-refractivity contribution in [2.24, 2.45) is 0 Å². The van der Waals surface area contributed by atoms with Gasteiger partial charge in [-0.15, -0.1) is 0 Å². The highest BCUT2D eigenvalue weighted by atomic mass is 16.3. The zero-order valence-corrected chi connectivity index (χ0v) is 22.7. The Morgan fingerprint density at radius 1 is 0.405 bits per heavy atom. The molecule has 0 saturated carbocycles. The molecule has 202 valence electrons. The van der Waals surface area contributed by atoms with Gasteiger partial charge >= 0.3 is 0 Å². The lowest BCUT2D eigenvalue weighted by molar-refractivity contribution is 0.111. The lowest BCUT2D eigenvalue weighted by Crippen LogP contribution is -2.10. The lowest BCUT2D eigenvalue weighted by atomic mass is 9.96. The first kappa shape index (κ1) is 26.5. The minimum Gasteiger partial charge on any atom is -0.508 e. The minimum atomic E-state index is 0.248. The molecule has 0 bridgehead atoms. The van der Waals surface area contributed by atoms with Gasteiger partial charge in [0.1, 0.15) is 18.3 Å². The summed E-state index contributed by atoms with van der Waals surface area (Å²) in [6.45, 7) is 0. The number of nitrogens with zero attached hydrogens (tertiary/aromatic N) is 1. The molecule has 0 spiro atoms.